The molecule has 0 saturated carbocycles. The number of benzene rings is 2. The molecule has 0 aliphatic carbocycles. The Morgan fingerprint density at radius 3 is 2.13 bits per heavy atom. The van der Waals surface area contributed by atoms with Gasteiger partial charge < -0.3 is 5.11 Å². The second kappa shape index (κ2) is 8.70. The van der Waals surface area contributed by atoms with E-state index in [1.807, 2.05) is 0 Å². The molecule has 3 nitrogen and oxygen atoms in total. The van der Waals surface area contributed by atoms with Crippen molar-refractivity contribution in [1.29, 1.82) is 0 Å². The number of carboxylic acid groups (broad SMARTS) is 1. The van der Waals surface area contributed by atoms with Gasteiger partial charge in [-0.1, -0.05) is 29.8 Å². The van der Waals surface area contributed by atoms with Gasteiger partial charge in [0.1, 0.15) is 0 Å². The molecule has 168 valence electrons. The van der Waals surface area contributed by atoms with E-state index in [9.17, 15) is 36.2 Å². The Labute approximate surface area is 179 Å². The monoisotopic (exact) mass is 465 g/mol. The third-order valence-corrected chi connectivity index (χ3v) is 5.77. The van der Waals surface area contributed by atoms with Crippen LogP contribution in [0.25, 0.3) is 0 Å². The van der Waals surface area contributed by atoms with Gasteiger partial charge in [-0.2, -0.15) is 26.3 Å². The first-order chi connectivity index (χ1) is 14.4. The fourth-order valence-electron chi connectivity index (χ4n) is 3.89. The van der Waals surface area contributed by atoms with Crippen LogP contribution in [0.1, 0.15) is 41.1 Å². The molecule has 2 aromatic carbocycles. The Kier molecular flexibility index (Phi) is 6.57. The van der Waals surface area contributed by atoms with E-state index in [0.29, 0.717) is 0 Å². The molecule has 0 aromatic heterocycles. The zero-order chi connectivity index (χ0) is 23.0. The molecule has 2 aromatic rings. The second-order valence-corrected chi connectivity index (χ2v) is 7.78. The van der Waals surface area contributed by atoms with Gasteiger partial charge in [-0.05, 0) is 61.3 Å². The maximum atomic E-state index is 13.7. The van der Waals surface area contributed by atoms with E-state index in [1.165, 1.54) is 18.2 Å². The Morgan fingerprint density at radius 1 is 0.968 bits per heavy atom. The van der Waals surface area contributed by atoms with E-state index >= 15 is 0 Å². The topological polar surface area (TPSA) is 40.5 Å². The van der Waals surface area contributed by atoms with Crippen LogP contribution in [-0.2, 0) is 17.1 Å². The van der Waals surface area contributed by atoms with Crippen LogP contribution in [0.4, 0.5) is 26.3 Å². The summed E-state index contributed by atoms with van der Waals surface area (Å²) >= 11 is 6.19. The molecule has 1 heterocycles. The largest absolute Gasteiger partial charge is 0.481 e. The van der Waals surface area contributed by atoms with Gasteiger partial charge in [0.05, 0.1) is 23.1 Å². The molecule has 1 atom stereocenters. The molecule has 0 radical (unpaired) electrons. The smallest absolute Gasteiger partial charge is 0.416 e. The number of piperidine rings is 1. The van der Waals surface area contributed by atoms with Crippen molar-refractivity contribution in [2.45, 2.75) is 31.2 Å². The first kappa shape index (κ1) is 23.4. The molecule has 1 saturated heterocycles. The summed E-state index contributed by atoms with van der Waals surface area (Å²) in [6.45, 7) is 0.195. The number of carbonyl (C=O) groups is 1. The summed E-state index contributed by atoms with van der Waals surface area (Å²) < 4.78 is 81.1. The van der Waals surface area contributed by atoms with Crippen LogP contribution in [0.3, 0.4) is 0 Å². The SMILES string of the molecule is O=C(O)C1CCN(C(c2cc(C(F)(F)F)ccc2Cl)c2ccccc2C(F)(F)F)CC1. The highest BCUT2D eigenvalue weighted by Crippen LogP contribution is 2.43. The van der Waals surface area contributed by atoms with Gasteiger partial charge in [-0.15, -0.1) is 0 Å². The predicted octanol–water partition coefficient (Wildman–Crippen LogP) is 6.26. The average molecular weight is 466 g/mol. The first-order valence-corrected chi connectivity index (χ1v) is 9.77. The minimum absolute atomic E-state index is 0.0976. The molecular weight excluding hydrogens is 448 g/mol. The summed E-state index contributed by atoms with van der Waals surface area (Å²) in [6.07, 6.45) is -9.11. The van der Waals surface area contributed by atoms with Crippen LogP contribution in [0, 0.1) is 5.92 Å². The molecule has 3 rings (SSSR count). The number of likely N-dealkylation sites (tertiary alicyclic amines) is 1. The Balaban J connectivity index is 2.15. The van der Waals surface area contributed by atoms with Gasteiger partial charge in [-0.3, -0.25) is 9.69 Å². The number of hydrogen-bond acceptors (Lipinski definition) is 2. The van der Waals surface area contributed by atoms with Gasteiger partial charge in [0, 0.05) is 5.02 Å². The minimum Gasteiger partial charge on any atom is -0.481 e. The highest BCUT2D eigenvalue weighted by atomic mass is 35.5. The summed E-state index contributed by atoms with van der Waals surface area (Å²) in [4.78, 5) is 12.8. The quantitative estimate of drug-likeness (QED) is 0.541. The zero-order valence-electron chi connectivity index (χ0n) is 16.0. The summed E-state index contributed by atoms with van der Waals surface area (Å²) in [6, 6.07) is 6.01. The average Bonchev–Trinajstić information content (AvgIpc) is 2.69. The highest BCUT2D eigenvalue weighted by Gasteiger charge is 2.40. The van der Waals surface area contributed by atoms with Crippen molar-refractivity contribution in [3.8, 4) is 0 Å². The zero-order valence-corrected chi connectivity index (χ0v) is 16.7. The van der Waals surface area contributed by atoms with Crippen LogP contribution in [-0.4, -0.2) is 29.1 Å². The van der Waals surface area contributed by atoms with E-state index < -0.39 is 41.4 Å². The van der Waals surface area contributed by atoms with E-state index in [4.69, 9.17) is 11.6 Å². The number of nitrogens with zero attached hydrogens (tertiary/aromatic N) is 1. The molecular formula is C21H18ClF6NO2. The lowest BCUT2D eigenvalue weighted by molar-refractivity contribution is -0.143. The summed E-state index contributed by atoms with van der Waals surface area (Å²) in [5, 5.41) is 9.10. The molecule has 1 aliphatic rings. The van der Waals surface area contributed by atoms with Crippen LogP contribution < -0.4 is 0 Å². The van der Waals surface area contributed by atoms with Crippen molar-refractivity contribution in [3.05, 3.63) is 69.7 Å². The van der Waals surface area contributed by atoms with Crippen molar-refractivity contribution in [2.24, 2.45) is 5.92 Å². The molecule has 1 unspecified atom stereocenters. The van der Waals surface area contributed by atoms with Gasteiger partial charge in [0.2, 0.25) is 0 Å². The normalized spacial score (nSPS) is 17.5. The van der Waals surface area contributed by atoms with Crippen molar-refractivity contribution >= 4 is 17.6 Å². The van der Waals surface area contributed by atoms with E-state index in [0.717, 1.165) is 24.3 Å². The van der Waals surface area contributed by atoms with Crippen molar-refractivity contribution in [2.75, 3.05) is 13.1 Å². The standard InChI is InChI=1S/C21H18ClF6NO2/c22-17-6-5-13(20(23,24)25)11-15(17)18(29-9-7-12(8-10-29)19(30)31)14-3-1-2-4-16(14)21(26,27)28/h1-6,11-12,18H,7-10H2,(H,30,31). The predicted molar refractivity (Wildman–Crippen MR) is 102 cm³/mol. The lowest BCUT2D eigenvalue weighted by Gasteiger charge is -2.38. The maximum absolute atomic E-state index is 13.7. The molecule has 0 bridgehead atoms. The fraction of sp³-hybridized carbons (Fsp3) is 0.381. The van der Waals surface area contributed by atoms with E-state index in [1.54, 1.807) is 4.90 Å². The van der Waals surface area contributed by atoms with Crippen molar-refractivity contribution < 1.29 is 36.2 Å². The number of alkyl halides is 6. The van der Waals surface area contributed by atoms with Gasteiger partial charge in [-0.25, -0.2) is 0 Å². The van der Waals surface area contributed by atoms with E-state index in [2.05, 4.69) is 0 Å². The third-order valence-electron chi connectivity index (χ3n) is 5.42. The molecule has 10 heteroatoms. The van der Waals surface area contributed by atoms with Crippen molar-refractivity contribution in [1.82, 2.24) is 4.90 Å². The number of carboxylic acids is 1. The Bertz CT molecular complexity index is 952. The third kappa shape index (κ3) is 5.15. The molecule has 1 fully saturated rings. The van der Waals surface area contributed by atoms with Crippen LogP contribution >= 0.6 is 11.6 Å². The fourth-order valence-corrected chi connectivity index (χ4v) is 4.11. The van der Waals surface area contributed by atoms with Gasteiger partial charge in [0.25, 0.3) is 0 Å². The molecule has 1 N–H and O–H groups in total. The summed E-state index contributed by atoms with van der Waals surface area (Å²) in [7, 11) is 0. The van der Waals surface area contributed by atoms with E-state index in [-0.39, 0.29) is 42.1 Å². The number of aliphatic carboxylic acids is 1. The number of rotatable bonds is 4. The lowest BCUT2D eigenvalue weighted by atomic mass is 9.88. The van der Waals surface area contributed by atoms with Crippen LogP contribution in [0.2, 0.25) is 5.02 Å². The second-order valence-electron chi connectivity index (χ2n) is 7.37. The number of hydrogen-bond donors (Lipinski definition) is 1. The molecule has 31 heavy (non-hydrogen) atoms. The molecule has 0 spiro atoms. The Morgan fingerprint density at radius 2 is 1.58 bits per heavy atom. The molecule has 0 amide bonds. The maximum Gasteiger partial charge on any atom is 0.416 e. The lowest BCUT2D eigenvalue weighted by Crippen LogP contribution is -2.40. The molecule has 1 aliphatic heterocycles. The van der Waals surface area contributed by atoms with Gasteiger partial charge >= 0.3 is 18.3 Å². The van der Waals surface area contributed by atoms with Gasteiger partial charge in [0.15, 0.2) is 0 Å². The first-order valence-electron chi connectivity index (χ1n) is 9.39. The van der Waals surface area contributed by atoms with Crippen molar-refractivity contribution in [3.63, 3.8) is 0 Å². The van der Waals surface area contributed by atoms with Crippen LogP contribution in [0.15, 0.2) is 42.5 Å². The Hall–Kier alpha value is -2.26. The minimum atomic E-state index is -4.73. The summed E-state index contributed by atoms with van der Waals surface area (Å²) in [5.74, 6) is -1.67. The summed E-state index contributed by atoms with van der Waals surface area (Å²) in [5.41, 5.74) is -2.34. The number of halogens is 7. The highest BCUT2D eigenvalue weighted by molar-refractivity contribution is 6.31. The van der Waals surface area contributed by atoms with Crippen LogP contribution in [0.5, 0.6) is 0 Å².